The summed E-state index contributed by atoms with van der Waals surface area (Å²) in [5.41, 5.74) is 0.772. The van der Waals surface area contributed by atoms with Crippen LogP contribution in [0.15, 0.2) is 71.6 Å². The van der Waals surface area contributed by atoms with Gasteiger partial charge in [0.2, 0.25) is 15.9 Å². The smallest absolute Gasteiger partial charge is 0.243 e. The number of benzene rings is 3. The summed E-state index contributed by atoms with van der Waals surface area (Å²) in [6.07, 6.45) is 0. The van der Waals surface area contributed by atoms with Crippen LogP contribution in [0.25, 0.3) is 0 Å². The van der Waals surface area contributed by atoms with Crippen molar-refractivity contribution in [1.82, 2.24) is 4.31 Å². The van der Waals surface area contributed by atoms with E-state index in [9.17, 15) is 17.6 Å². The van der Waals surface area contributed by atoms with E-state index < -0.39 is 28.3 Å². The van der Waals surface area contributed by atoms with Crippen LogP contribution in [-0.2, 0) is 21.4 Å². The first kappa shape index (κ1) is 25.0. The molecular weight excluding hydrogens is 490 g/mol. The van der Waals surface area contributed by atoms with Crippen LogP contribution in [0.5, 0.6) is 5.75 Å². The predicted molar refractivity (Wildman–Crippen MR) is 127 cm³/mol. The topological polar surface area (TPSA) is 75.7 Å². The number of hydrogen-bond donors (Lipinski definition) is 1. The Kier molecular flexibility index (Phi) is 8.31. The van der Waals surface area contributed by atoms with E-state index in [2.05, 4.69) is 5.32 Å². The van der Waals surface area contributed by atoms with Crippen LogP contribution in [-0.4, -0.2) is 31.8 Å². The molecule has 0 heterocycles. The van der Waals surface area contributed by atoms with Crippen LogP contribution >= 0.6 is 23.2 Å². The first-order chi connectivity index (χ1) is 15.7. The average Bonchev–Trinajstić information content (AvgIpc) is 2.78. The van der Waals surface area contributed by atoms with E-state index in [-0.39, 0.29) is 22.2 Å². The Morgan fingerprint density at radius 2 is 1.73 bits per heavy atom. The maximum Gasteiger partial charge on any atom is 0.243 e. The number of nitrogens with one attached hydrogen (secondary N) is 1. The van der Waals surface area contributed by atoms with Crippen LogP contribution < -0.4 is 10.1 Å². The second-order valence-corrected chi connectivity index (χ2v) is 9.70. The number of amides is 1. The molecule has 3 rings (SSSR count). The molecule has 1 amide bonds. The van der Waals surface area contributed by atoms with E-state index in [1.807, 2.05) is 6.92 Å². The van der Waals surface area contributed by atoms with Gasteiger partial charge in [-0.05, 0) is 61.0 Å². The van der Waals surface area contributed by atoms with Crippen LogP contribution in [0.3, 0.4) is 0 Å². The molecule has 0 saturated heterocycles. The number of halogens is 3. The minimum absolute atomic E-state index is 0.00404. The van der Waals surface area contributed by atoms with Gasteiger partial charge < -0.3 is 10.1 Å². The molecule has 6 nitrogen and oxygen atoms in total. The fourth-order valence-electron chi connectivity index (χ4n) is 3.00. The molecule has 0 aliphatic heterocycles. The lowest BCUT2D eigenvalue weighted by molar-refractivity contribution is -0.116. The van der Waals surface area contributed by atoms with Crippen LogP contribution in [0.1, 0.15) is 12.5 Å². The maximum atomic E-state index is 13.4. The van der Waals surface area contributed by atoms with E-state index in [4.69, 9.17) is 27.9 Å². The molecule has 33 heavy (non-hydrogen) atoms. The molecule has 0 saturated carbocycles. The summed E-state index contributed by atoms with van der Waals surface area (Å²) in [5, 5.41) is 2.75. The Balaban J connectivity index is 1.88. The van der Waals surface area contributed by atoms with Crippen LogP contribution in [0.4, 0.5) is 10.1 Å². The molecule has 174 valence electrons. The molecule has 3 aromatic rings. The van der Waals surface area contributed by atoms with Crippen molar-refractivity contribution in [2.75, 3.05) is 18.5 Å². The van der Waals surface area contributed by atoms with Gasteiger partial charge in [-0.15, -0.1) is 0 Å². The number of carbonyl (C=O) groups excluding carboxylic acids is 1. The number of rotatable bonds is 9. The minimum Gasteiger partial charge on any atom is -0.494 e. The highest BCUT2D eigenvalue weighted by atomic mass is 35.5. The minimum atomic E-state index is -4.08. The Morgan fingerprint density at radius 1 is 1.03 bits per heavy atom. The Labute approximate surface area is 201 Å². The third kappa shape index (κ3) is 6.45. The van der Waals surface area contributed by atoms with Gasteiger partial charge in [0.15, 0.2) is 0 Å². The van der Waals surface area contributed by atoms with Gasteiger partial charge in [0.25, 0.3) is 0 Å². The maximum absolute atomic E-state index is 13.4. The number of carbonyl (C=O) groups is 1. The summed E-state index contributed by atoms with van der Waals surface area (Å²) in [5.74, 6) is -0.729. The highest BCUT2D eigenvalue weighted by Crippen LogP contribution is 2.25. The first-order valence-electron chi connectivity index (χ1n) is 9.92. The number of sulfonamides is 1. The summed E-state index contributed by atoms with van der Waals surface area (Å²) in [4.78, 5) is 12.7. The van der Waals surface area contributed by atoms with E-state index in [1.54, 1.807) is 36.4 Å². The number of hydrogen-bond acceptors (Lipinski definition) is 4. The lowest BCUT2D eigenvalue weighted by Crippen LogP contribution is -2.37. The van der Waals surface area contributed by atoms with Crippen molar-refractivity contribution in [2.24, 2.45) is 0 Å². The van der Waals surface area contributed by atoms with Crippen LogP contribution in [0, 0.1) is 5.82 Å². The van der Waals surface area contributed by atoms with Gasteiger partial charge in [-0.1, -0.05) is 41.4 Å². The lowest BCUT2D eigenvalue weighted by Gasteiger charge is -2.22. The molecule has 0 aromatic heterocycles. The number of ether oxygens (including phenoxy) is 1. The summed E-state index contributed by atoms with van der Waals surface area (Å²) in [6, 6.07) is 16.4. The van der Waals surface area contributed by atoms with Gasteiger partial charge in [0.1, 0.15) is 11.6 Å². The van der Waals surface area contributed by atoms with Crippen molar-refractivity contribution in [3.8, 4) is 5.75 Å². The summed E-state index contributed by atoms with van der Waals surface area (Å²) in [6.45, 7) is 1.63. The SMILES string of the molecule is CCOc1ccc(S(=O)(=O)N(CC(=O)Nc2ccc(F)c(Cl)c2)Cc2ccccc2Cl)cc1. The molecule has 0 spiro atoms. The molecule has 0 radical (unpaired) electrons. The van der Waals surface area contributed by atoms with E-state index in [0.717, 1.165) is 10.4 Å². The highest BCUT2D eigenvalue weighted by molar-refractivity contribution is 7.89. The molecule has 0 atom stereocenters. The average molecular weight is 511 g/mol. The molecule has 0 fully saturated rings. The Morgan fingerprint density at radius 3 is 2.36 bits per heavy atom. The zero-order valence-corrected chi connectivity index (χ0v) is 19.9. The first-order valence-corrected chi connectivity index (χ1v) is 12.1. The van der Waals surface area contributed by atoms with Gasteiger partial charge in [0, 0.05) is 17.3 Å². The largest absolute Gasteiger partial charge is 0.494 e. The molecule has 3 aromatic carbocycles. The Hall–Kier alpha value is -2.65. The molecular formula is C23H21Cl2FN2O4S. The second kappa shape index (κ2) is 11.0. The van der Waals surface area contributed by atoms with Crippen molar-refractivity contribution in [1.29, 1.82) is 0 Å². The van der Waals surface area contributed by atoms with Gasteiger partial charge in [-0.3, -0.25) is 4.79 Å². The van der Waals surface area contributed by atoms with E-state index >= 15 is 0 Å². The molecule has 10 heteroatoms. The van der Waals surface area contributed by atoms with E-state index in [0.29, 0.717) is 22.9 Å². The van der Waals surface area contributed by atoms with Gasteiger partial charge in [-0.25, -0.2) is 12.8 Å². The van der Waals surface area contributed by atoms with Crippen molar-refractivity contribution in [3.63, 3.8) is 0 Å². The standard InChI is InChI=1S/C23H21Cl2FN2O4S/c1-2-32-18-8-10-19(11-9-18)33(30,31)28(14-16-5-3-4-6-20(16)24)15-23(29)27-17-7-12-22(26)21(25)13-17/h3-13H,2,14-15H2,1H3,(H,27,29). The van der Waals surface area contributed by atoms with Crippen molar-refractivity contribution >= 4 is 44.8 Å². The number of anilines is 1. The van der Waals surface area contributed by atoms with E-state index in [1.165, 1.54) is 24.3 Å². The summed E-state index contributed by atoms with van der Waals surface area (Å²) >= 11 is 12.0. The second-order valence-electron chi connectivity index (χ2n) is 6.95. The Bertz CT molecular complexity index is 1240. The zero-order valence-electron chi connectivity index (χ0n) is 17.6. The fourth-order valence-corrected chi connectivity index (χ4v) is 4.75. The molecule has 1 N–H and O–H groups in total. The normalized spacial score (nSPS) is 11.4. The molecule has 0 bridgehead atoms. The highest BCUT2D eigenvalue weighted by Gasteiger charge is 2.28. The lowest BCUT2D eigenvalue weighted by atomic mass is 10.2. The van der Waals surface area contributed by atoms with Crippen molar-refractivity contribution in [2.45, 2.75) is 18.4 Å². The monoisotopic (exact) mass is 510 g/mol. The molecule has 0 unspecified atom stereocenters. The zero-order chi connectivity index (χ0) is 24.0. The summed E-state index contributed by atoms with van der Waals surface area (Å²) < 4.78 is 46.6. The van der Waals surface area contributed by atoms with Crippen molar-refractivity contribution in [3.05, 3.63) is 88.2 Å². The molecule has 0 aliphatic carbocycles. The third-order valence-electron chi connectivity index (χ3n) is 4.60. The van der Waals surface area contributed by atoms with Gasteiger partial charge in [0.05, 0.1) is 23.1 Å². The third-order valence-corrected chi connectivity index (χ3v) is 7.06. The summed E-state index contributed by atoms with van der Waals surface area (Å²) in [7, 11) is -4.08. The quantitative estimate of drug-likeness (QED) is 0.420. The van der Waals surface area contributed by atoms with Crippen molar-refractivity contribution < 1.29 is 22.3 Å². The fraction of sp³-hybridized carbons (Fsp3) is 0.174. The van der Waals surface area contributed by atoms with Crippen LogP contribution in [0.2, 0.25) is 10.0 Å². The molecule has 0 aliphatic rings. The van der Waals surface area contributed by atoms with Gasteiger partial charge >= 0.3 is 0 Å². The predicted octanol–water partition coefficient (Wildman–Crippen LogP) is 5.36. The number of nitrogens with zero attached hydrogens (tertiary/aromatic N) is 1. The van der Waals surface area contributed by atoms with Gasteiger partial charge in [-0.2, -0.15) is 4.31 Å².